The fourth-order valence-corrected chi connectivity index (χ4v) is 2.67. The predicted octanol–water partition coefficient (Wildman–Crippen LogP) is 3.93. The molecule has 0 aliphatic rings. The first-order valence-corrected chi connectivity index (χ1v) is 7.34. The lowest BCUT2D eigenvalue weighted by Gasteiger charge is -1.99. The van der Waals surface area contributed by atoms with Crippen LogP contribution in [0.2, 0.25) is 0 Å². The largest absolute Gasteiger partial charge is 0.434 e. The molecule has 0 saturated carbocycles. The van der Waals surface area contributed by atoms with Crippen LogP contribution in [0.25, 0.3) is 5.70 Å². The molecule has 0 radical (unpaired) electrons. The Balaban J connectivity index is 1.99. The molecule has 0 unspecified atom stereocenters. The van der Waals surface area contributed by atoms with Crippen molar-refractivity contribution in [2.24, 2.45) is 9.98 Å². The Kier molecular flexibility index (Phi) is 4.97. The van der Waals surface area contributed by atoms with Crippen molar-refractivity contribution < 1.29 is 13.2 Å². The first-order chi connectivity index (χ1) is 10.0. The van der Waals surface area contributed by atoms with E-state index in [-0.39, 0.29) is 6.54 Å². The van der Waals surface area contributed by atoms with Crippen LogP contribution in [0, 0.1) is 0 Å². The van der Waals surface area contributed by atoms with E-state index in [0.29, 0.717) is 10.7 Å². The van der Waals surface area contributed by atoms with Crippen molar-refractivity contribution in [1.82, 2.24) is 9.97 Å². The average molecular weight is 330 g/mol. The van der Waals surface area contributed by atoms with E-state index in [1.54, 1.807) is 17.8 Å². The summed E-state index contributed by atoms with van der Waals surface area (Å²) >= 11 is 2.34. The Morgan fingerprint density at radius 3 is 2.76 bits per heavy atom. The zero-order valence-corrected chi connectivity index (χ0v) is 12.2. The molecule has 0 bridgehead atoms. The van der Waals surface area contributed by atoms with Crippen molar-refractivity contribution in [1.29, 1.82) is 0 Å². The number of aromatic nitrogens is 2. The molecule has 0 N–H and O–H groups in total. The molecule has 0 aliphatic heterocycles. The van der Waals surface area contributed by atoms with Gasteiger partial charge in [0.05, 0.1) is 22.6 Å². The van der Waals surface area contributed by atoms with Gasteiger partial charge in [-0.3, -0.25) is 15.0 Å². The summed E-state index contributed by atoms with van der Waals surface area (Å²) in [6.45, 7) is 3.54. The molecule has 0 aliphatic carbocycles. The summed E-state index contributed by atoms with van der Waals surface area (Å²) in [6.07, 6.45) is 0.330. The van der Waals surface area contributed by atoms with Gasteiger partial charge in [-0.15, -0.1) is 22.7 Å². The van der Waals surface area contributed by atoms with Gasteiger partial charge in [0.1, 0.15) is 5.01 Å². The van der Waals surface area contributed by atoms with Crippen LogP contribution in [0.4, 0.5) is 13.2 Å². The molecule has 110 valence electrons. The van der Waals surface area contributed by atoms with Gasteiger partial charge >= 0.3 is 6.18 Å². The minimum absolute atomic E-state index is 0.0877. The van der Waals surface area contributed by atoms with Crippen molar-refractivity contribution in [3.8, 4) is 0 Å². The molecular weight excluding hydrogens is 321 g/mol. The van der Waals surface area contributed by atoms with Crippen molar-refractivity contribution >= 4 is 41.3 Å². The van der Waals surface area contributed by atoms with Gasteiger partial charge in [-0.25, -0.2) is 4.98 Å². The highest BCUT2D eigenvalue weighted by Gasteiger charge is 2.33. The topological polar surface area (TPSA) is 50.5 Å². The molecule has 0 atom stereocenters. The normalized spacial score (nSPS) is 13.0. The third kappa shape index (κ3) is 4.30. The number of rotatable bonds is 5. The molecule has 0 fully saturated rings. The Morgan fingerprint density at radius 2 is 2.19 bits per heavy atom. The van der Waals surface area contributed by atoms with Gasteiger partial charge in [0.2, 0.25) is 0 Å². The number of alkyl halides is 3. The average Bonchev–Trinajstić information content (AvgIpc) is 3.09. The summed E-state index contributed by atoms with van der Waals surface area (Å²) < 4.78 is 37.1. The van der Waals surface area contributed by atoms with Gasteiger partial charge in [0.15, 0.2) is 5.69 Å². The standard InChI is InChI=1S/C12H9F3N4S2/c1-16-8(9-4-18-7-21-9)2-3-17-5-11-19-10(6-20-11)12(13,14)15/h2-4,6-7H,1,5H2/b8-2-,17-3?. The van der Waals surface area contributed by atoms with E-state index in [0.717, 1.165) is 21.6 Å². The van der Waals surface area contributed by atoms with E-state index in [1.165, 1.54) is 17.6 Å². The van der Waals surface area contributed by atoms with Crippen molar-refractivity contribution in [2.75, 3.05) is 0 Å². The van der Waals surface area contributed by atoms with Gasteiger partial charge in [-0.05, 0) is 12.8 Å². The highest BCUT2D eigenvalue weighted by molar-refractivity contribution is 7.10. The first kappa shape index (κ1) is 15.5. The number of hydrogen-bond donors (Lipinski definition) is 0. The molecule has 2 aromatic heterocycles. The van der Waals surface area contributed by atoms with Crippen LogP contribution in [0.1, 0.15) is 15.6 Å². The van der Waals surface area contributed by atoms with E-state index < -0.39 is 11.9 Å². The van der Waals surface area contributed by atoms with Gasteiger partial charge < -0.3 is 0 Å². The third-order valence-corrected chi connectivity index (χ3v) is 3.89. The van der Waals surface area contributed by atoms with E-state index in [2.05, 4.69) is 26.7 Å². The minimum atomic E-state index is -4.41. The molecule has 2 aromatic rings. The van der Waals surface area contributed by atoms with Crippen LogP contribution in [0.5, 0.6) is 0 Å². The lowest BCUT2D eigenvalue weighted by molar-refractivity contribution is -0.140. The number of thiazole rings is 2. The molecule has 4 nitrogen and oxygen atoms in total. The third-order valence-electron chi connectivity index (χ3n) is 2.26. The summed E-state index contributed by atoms with van der Waals surface area (Å²) in [6, 6.07) is 0. The van der Waals surface area contributed by atoms with Crippen molar-refractivity contribution in [3.63, 3.8) is 0 Å². The summed E-state index contributed by atoms with van der Waals surface area (Å²) in [4.78, 5) is 16.1. The Morgan fingerprint density at radius 1 is 1.38 bits per heavy atom. The zero-order valence-electron chi connectivity index (χ0n) is 10.5. The SMILES string of the molecule is C=N/C(=C\C=NCc1nc(C(F)(F)F)cs1)c1cncs1. The lowest BCUT2D eigenvalue weighted by Crippen LogP contribution is -2.05. The van der Waals surface area contributed by atoms with Crippen molar-refractivity contribution in [2.45, 2.75) is 12.7 Å². The minimum Gasteiger partial charge on any atom is -0.286 e. The number of hydrogen-bond acceptors (Lipinski definition) is 6. The van der Waals surface area contributed by atoms with E-state index >= 15 is 0 Å². The summed E-state index contributed by atoms with van der Waals surface area (Å²) in [5, 5.41) is 1.28. The molecule has 0 aromatic carbocycles. The van der Waals surface area contributed by atoms with Crippen LogP contribution >= 0.6 is 22.7 Å². The maximum atomic E-state index is 12.4. The van der Waals surface area contributed by atoms with Crippen LogP contribution in [-0.4, -0.2) is 22.9 Å². The second-order valence-electron chi connectivity index (χ2n) is 3.69. The van der Waals surface area contributed by atoms with E-state index in [4.69, 9.17) is 0 Å². The number of aliphatic imine (C=N–C) groups is 2. The number of nitrogens with zero attached hydrogens (tertiary/aromatic N) is 4. The molecule has 2 rings (SSSR count). The second kappa shape index (κ2) is 6.72. The Labute approximate surface area is 126 Å². The first-order valence-electron chi connectivity index (χ1n) is 5.58. The van der Waals surface area contributed by atoms with Crippen LogP contribution in [-0.2, 0) is 12.7 Å². The van der Waals surface area contributed by atoms with Crippen LogP contribution in [0.15, 0.2) is 33.1 Å². The molecule has 0 amide bonds. The monoisotopic (exact) mass is 330 g/mol. The fraction of sp³-hybridized carbons (Fsp3) is 0.167. The Bertz CT molecular complexity index is 656. The molecule has 2 heterocycles. The number of allylic oxidation sites excluding steroid dienone is 1. The van der Waals surface area contributed by atoms with Crippen LogP contribution in [0.3, 0.4) is 0 Å². The summed E-state index contributed by atoms with van der Waals surface area (Å²) in [5.41, 5.74) is 1.39. The van der Waals surface area contributed by atoms with Crippen LogP contribution < -0.4 is 0 Å². The smallest absolute Gasteiger partial charge is 0.286 e. The van der Waals surface area contributed by atoms with Gasteiger partial charge in [0, 0.05) is 17.8 Å². The Hall–Kier alpha value is -1.87. The molecular formula is C12H9F3N4S2. The van der Waals surface area contributed by atoms with Gasteiger partial charge in [0.25, 0.3) is 0 Å². The summed E-state index contributed by atoms with van der Waals surface area (Å²) in [7, 11) is 0. The second-order valence-corrected chi connectivity index (χ2v) is 5.52. The van der Waals surface area contributed by atoms with E-state index in [9.17, 15) is 13.2 Å². The van der Waals surface area contributed by atoms with Gasteiger partial charge in [-0.1, -0.05) is 0 Å². The molecule has 21 heavy (non-hydrogen) atoms. The predicted molar refractivity (Wildman–Crippen MR) is 79.0 cm³/mol. The highest BCUT2D eigenvalue weighted by Crippen LogP contribution is 2.30. The molecule has 0 saturated heterocycles. The van der Waals surface area contributed by atoms with Crippen molar-refractivity contribution in [3.05, 3.63) is 38.7 Å². The quantitative estimate of drug-likeness (QED) is 0.780. The number of halogens is 3. The van der Waals surface area contributed by atoms with Gasteiger partial charge in [-0.2, -0.15) is 13.2 Å². The zero-order chi connectivity index (χ0) is 15.3. The maximum absolute atomic E-state index is 12.4. The fourth-order valence-electron chi connectivity index (χ4n) is 1.32. The lowest BCUT2D eigenvalue weighted by atomic mass is 10.4. The highest BCUT2D eigenvalue weighted by atomic mass is 32.1. The maximum Gasteiger partial charge on any atom is 0.434 e. The summed E-state index contributed by atoms with van der Waals surface area (Å²) in [5.74, 6) is 0. The van der Waals surface area contributed by atoms with E-state index in [1.807, 2.05) is 0 Å². The molecule has 9 heteroatoms. The molecule has 0 spiro atoms.